The van der Waals surface area contributed by atoms with Crippen LogP contribution >= 0.6 is 11.3 Å². The molecule has 0 bridgehead atoms. The molecule has 0 saturated heterocycles. The van der Waals surface area contributed by atoms with Crippen molar-refractivity contribution in [3.63, 3.8) is 0 Å². The van der Waals surface area contributed by atoms with E-state index in [4.69, 9.17) is 16.3 Å². The van der Waals surface area contributed by atoms with E-state index in [9.17, 15) is 13.2 Å². The minimum atomic E-state index is -5.08. The molecule has 2 aromatic heterocycles. The molecule has 2 aliphatic rings. The Morgan fingerprint density at radius 3 is 2.61 bits per heavy atom. The lowest BCUT2D eigenvalue weighted by atomic mass is 9.93. The van der Waals surface area contributed by atoms with E-state index in [2.05, 4.69) is 55.4 Å². The van der Waals surface area contributed by atoms with E-state index in [1.54, 1.807) is 11.3 Å². The van der Waals surface area contributed by atoms with Crippen LogP contribution in [0.25, 0.3) is 0 Å². The first-order valence-corrected chi connectivity index (χ1v) is 11.3. The molecule has 3 heterocycles. The Hall–Kier alpha value is -2.85. The third kappa shape index (κ3) is 6.35. The first kappa shape index (κ1) is 24.8. The molecule has 0 radical (unpaired) electrons. The van der Waals surface area contributed by atoms with E-state index in [0.29, 0.717) is 12.5 Å². The first-order valence-electron chi connectivity index (χ1n) is 10.4. The number of aryl methyl sites for hydroxylation is 1. The van der Waals surface area contributed by atoms with E-state index in [1.165, 1.54) is 16.9 Å². The molecule has 178 valence electrons. The number of alkyl halides is 3. The van der Waals surface area contributed by atoms with E-state index in [0.717, 1.165) is 38.1 Å². The molecule has 13 heteroatoms. The minimum absolute atomic E-state index is 0.00552. The van der Waals surface area contributed by atoms with Gasteiger partial charge in [0.05, 0.1) is 6.04 Å². The van der Waals surface area contributed by atoms with Crippen molar-refractivity contribution in [1.29, 1.82) is 0 Å². The molecule has 0 spiro atoms. The van der Waals surface area contributed by atoms with Crippen LogP contribution in [0.4, 0.5) is 13.2 Å². The zero-order valence-corrected chi connectivity index (χ0v) is 18.7. The second-order valence-electron chi connectivity index (χ2n) is 7.86. The molecule has 1 unspecified atom stereocenters. The minimum Gasteiger partial charge on any atom is -0.475 e. The summed E-state index contributed by atoms with van der Waals surface area (Å²) in [5.74, 6) is 0.828. The van der Waals surface area contributed by atoms with Crippen molar-refractivity contribution in [1.82, 2.24) is 25.5 Å². The van der Waals surface area contributed by atoms with Crippen molar-refractivity contribution >= 4 is 17.3 Å². The van der Waals surface area contributed by atoms with Crippen molar-refractivity contribution < 1.29 is 23.1 Å². The zero-order chi connectivity index (χ0) is 24.1. The van der Waals surface area contributed by atoms with Crippen LogP contribution in [-0.2, 0) is 4.79 Å². The molecule has 2 N–H and O–H groups in total. The van der Waals surface area contributed by atoms with Crippen molar-refractivity contribution in [3.8, 4) is 12.3 Å². The standard InChI is InChI=1S/C18H23N7S.C2HF3O2/c1-3-4-9-18(21-22-18)10-11-19-15(16-13(2)8-12-26-16)17-20-23-24-25(17)14-6-5-7-14;3-2(4,5)1(6)7/h1,8,12,14-15,19H,4-7,9-11H2,2H3;(H,6,7). The quantitative estimate of drug-likeness (QED) is 0.520. The molecule has 1 atom stereocenters. The second kappa shape index (κ2) is 10.4. The fourth-order valence-electron chi connectivity index (χ4n) is 3.35. The molecule has 0 aromatic carbocycles. The van der Waals surface area contributed by atoms with Gasteiger partial charge in [-0.25, -0.2) is 9.48 Å². The molecular weight excluding hydrogens is 459 g/mol. The van der Waals surface area contributed by atoms with Crippen LogP contribution < -0.4 is 5.32 Å². The molecule has 0 amide bonds. The van der Waals surface area contributed by atoms with Crippen LogP contribution in [0.3, 0.4) is 0 Å². The monoisotopic (exact) mass is 483 g/mol. The summed E-state index contributed by atoms with van der Waals surface area (Å²) in [6.07, 6.45) is 6.24. The van der Waals surface area contributed by atoms with Gasteiger partial charge in [0.25, 0.3) is 0 Å². The number of hydrogen-bond acceptors (Lipinski definition) is 8. The highest BCUT2D eigenvalue weighted by molar-refractivity contribution is 7.10. The van der Waals surface area contributed by atoms with Crippen LogP contribution in [0.15, 0.2) is 21.7 Å². The number of nitrogens with zero attached hydrogens (tertiary/aromatic N) is 6. The number of carboxylic acid groups (broad SMARTS) is 1. The molecule has 1 aliphatic carbocycles. The third-order valence-corrected chi connectivity index (χ3v) is 6.61. The maximum absolute atomic E-state index is 10.6. The zero-order valence-electron chi connectivity index (χ0n) is 17.9. The van der Waals surface area contributed by atoms with E-state index in [-0.39, 0.29) is 11.7 Å². The predicted octanol–water partition coefficient (Wildman–Crippen LogP) is 4.05. The topological polar surface area (TPSA) is 118 Å². The molecular formula is C20H24F3N7O2S. The van der Waals surface area contributed by atoms with Gasteiger partial charge in [-0.3, -0.25) is 0 Å². The average Bonchev–Trinajstić information content (AvgIpc) is 3.10. The second-order valence-corrected chi connectivity index (χ2v) is 8.81. The number of rotatable bonds is 9. The number of carboxylic acids is 1. The Balaban J connectivity index is 0.000000383. The highest BCUT2D eigenvalue weighted by atomic mass is 32.1. The highest BCUT2D eigenvalue weighted by Crippen LogP contribution is 2.38. The summed E-state index contributed by atoms with van der Waals surface area (Å²) in [4.78, 5) is 10.2. The summed E-state index contributed by atoms with van der Waals surface area (Å²) in [6, 6.07) is 2.57. The molecule has 4 rings (SSSR count). The van der Waals surface area contributed by atoms with Crippen molar-refractivity contribution in [3.05, 3.63) is 27.7 Å². The summed E-state index contributed by atoms with van der Waals surface area (Å²) < 4.78 is 33.8. The molecule has 33 heavy (non-hydrogen) atoms. The number of tetrazole rings is 1. The van der Waals surface area contributed by atoms with Crippen molar-refractivity contribution in [2.45, 2.75) is 69.4 Å². The van der Waals surface area contributed by atoms with Crippen LogP contribution in [-0.4, -0.2) is 49.7 Å². The van der Waals surface area contributed by atoms with E-state index < -0.39 is 12.1 Å². The number of terminal acetylenes is 1. The number of carbonyl (C=O) groups is 1. The summed E-state index contributed by atoms with van der Waals surface area (Å²) in [7, 11) is 0. The van der Waals surface area contributed by atoms with E-state index in [1.807, 2.05) is 4.68 Å². The smallest absolute Gasteiger partial charge is 0.475 e. The van der Waals surface area contributed by atoms with Crippen LogP contribution in [0, 0.1) is 19.3 Å². The largest absolute Gasteiger partial charge is 0.490 e. The van der Waals surface area contributed by atoms with Gasteiger partial charge in [-0.1, -0.05) is 0 Å². The number of thiophene rings is 1. The lowest BCUT2D eigenvalue weighted by Gasteiger charge is -2.28. The summed E-state index contributed by atoms with van der Waals surface area (Å²) >= 11 is 1.74. The Bertz CT molecular complexity index is 1020. The summed E-state index contributed by atoms with van der Waals surface area (Å²) in [6.45, 7) is 2.93. The van der Waals surface area contributed by atoms with Crippen molar-refractivity contribution in [2.24, 2.45) is 10.2 Å². The van der Waals surface area contributed by atoms with Crippen LogP contribution in [0.1, 0.15) is 66.9 Å². The number of halogens is 3. The first-order chi connectivity index (χ1) is 15.7. The molecule has 1 aliphatic heterocycles. The lowest BCUT2D eigenvalue weighted by Crippen LogP contribution is -2.31. The number of hydrogen-bond donors (Lipinski definition) is 2. The molecule has 1 fully saturated rings. The number of aromatic nitrogens is 4. The lowest BCUT2D eigenvalue weighted by molar-refractivity contribution is -0.192. The van der Waals surface area contributed by atoms with Gasteiger partial charge in [-0.05, 0) is 53.6 Å². The average molecular weight is 484 g/mol. The van der Waals surface area contributed by atoms with Crippen LogP contribution in [0.2, 0.25) is 0 Å². The SMILES string of the molecule is C#CCCC1(CCNC(c2sccc2C)c2nnnn2C2CCC2)N=N1.O=C(O)C(F)(F)F. The van der Waals surface area contributed by atoms with Gasteiger partial charge in [0.2, 0.25) is 0 Å². The molecule has 9 nitrogen and oxygen atoms in total. The Morgan fingerprint density at radius 2 is 2.12 bits per heavy atom. The molecule has 1 saturated carbocycles. The fourth-order valence-corrected chi connectivity index (χ4v) is 4.35. The normalized spacial score (nSPS) is 17.4. The number of nitrogens with one attached hydrogen (secondary N) is 1. The maximum atomic E-state index is 10.6. The predicted molar refractivity (Wildman–Crippen MR) is 114 cm³/mol. The van der Waals surface area contributed by atoms with Gasteiger partial charge >= 0.3 is 12.1 Å². The van der Waals surface area contributed by atoms with Gasteiger partial charge in [0.1, 0.15) is 6.04 Å². The van der Waals surface area contributed by atoms with Gasteiger partial charge < -0.3 is 10.4 Å². The Kier molecular flexibility index (Phi) is 7.80. The van der Waals surface area contributed by atoms with Crippen LogP contribution in [0.5, 0.6) is 0 Å². The Labute approximate surface area is 192 Å². The summed E-state index contributed by atoms with van der Waals surface area (Å²) in [5.41, 5.74) is 0.993. The van der Waals surface area contributed by atoms with Gasteiger partial charge in [0, 0.05) is 30.7 Å². The highest BCUT2D eigenvalue weighted by Gasteiger charge is 2.39. The third-order valence-electron chi connectivity index (χ3n) is 5.53. The van der Waals surface area contributed by atoms with E-state index >= 15 is 0 Å². The van der Waals surface area contributed by atoms with Crippen molar-refractivity contribution in [2.75, 3.05) is 6.54 Å². The Morgan fingerprint density at radius 1 is 1.42 bits per heavy atom. The summed E-state index contributed by atoms with van der Waals surface area (Å²) in [5, 5.41) is 34.0. The van der Waals surface area contributed by atoms with Gasteiger partial charge in [-0.15, -0.1) is 28.8 Å². The number of aliphatic carboxylic acids is 1. The van der Waals surface area contributed by atoms with Gasteiger partial charge in [-0.2, -0.15) is 23.4 Å². The molecule has 2 aromatic rings. The van der Waals surface area contributed by atoms with Gasteiger partial charge in [0.15, 0.2) is 11.5 Å². The fraction of sp³-hybridized carbons (Fsp3) is 0.600. The maximum Gasteiger partial charge on any atom is 0.490 e.